The van der Waals surface area contributed by atoms with E-state index < -0.39 is 83.4 Å². The summed E-state index contributed by atoms with van der Waals surface area (Å²) in [6.07, 6.45) is -4.88. The number of aliphatic hydroxyl groups is 4. The van der Waals surface area contributed by atoms with Gasteiger partial charge in [0.25, 0.3) is 0 Å². The first kappa shape index (κ1) is 41.2. The van der Waals surface area contributed by atoms with Crippen molar-refractivity contribution in [2.45, 2.75) is 193 Å². The molecule has 0 saturated heterocycles. The molecule has 2 saturated carbocycles. The second kappa shape index (κ2) is 14.1. The summed E-state index contributed by atoms with van der Waals surface area (Å²) in [5, 5.41) is 50.3. The van der Waals surface area contributed by atoms with Gasteiger partial charge in [0.1, 0.15) is 11.7 Å². The molecule has 2 fully saturated rings. The molecule has 9 atom stereocenters. The molecule has 3 rings (SSSR count). The number of fused-ring (bicyclic) bond motifs is 3. The van der Waals surface area contributed by atoms with Crippen LogP contribution in [0.25, 0.3) is 0 Å². The Morgan fingerprint density at radius 1 is 0.787 bits per heavy atom. The average molecular weight is 715 g/mol. The molecular formula is C36H70O8Si3. The van der Waals surface area contributed by atoms with Gasteiger partial charge in [0.15, 0.2) is 30.7 Å². The van der Waals surface area contributed by atoms with Crippen LogP contribution in [0.5, 0.6) is 0 Å². The molecule has 4 N–H and O–H groups in total. The van der Waals surface area contributed by atoms with Gasteiger partial charge in [-0.15, -0.1) is 0 Å². The molecular weight excluding hydrogens is 645 g/mol. The van der Waals surface area contributed by atoms with E-state index in [-0.39, 0.29) is 25.0 Å². The third-order valence-corrected chi connectivity index (χ3v) is 23.8. The minimum Gasteiger partial charge on any atom is -0.413 e. The summed E-state index contributed by atoms with van der Waals surface area (Å²) >= 11 is 0. The second-order valence-corrected chi connectivity index (χ2v) is 30.7. The summed E-state index contributed by atoms with van der Waals surface area (Å²) in [6, 6.07) is 5.01. The van der Waals surface area contributed by atoms with Crippen molar-refractivity contribution < 1.29 is 38.5 Å². The van der Waals surface area contributed by atoms with E-state index >= 15 is 4.79 Å². The molecule has 0 amide bonds. The second-order valence-electron chi connectivity index (χ2n) is 16.8. The smallest absolute Gasteiger partial charge is 0.193 e. The highest BCUT2D eigenvalue weighted by Crippen LogP contribution is 2.62. The quantitative estimate of drug-likeness (QED) is 0.120. The maximum atomic E-state index is 15.9. The normalized spacial score (nSPS) is 38.2. The van der Waals surface area contributed by atoms with Gasteiger partial charge >= 0.3 is 0 Å². The fraction of sp³-hybridized carbons (Fsp3) is 0.917. The number of carbonyl (C=O) groups is 1. The van der Waals surface area contributed by atoms with Gasteiger partial charge in [0, 0.05) is 24.2 Å². The van der Waals surface area contributed by atoms with Crippen LogP contribution in [0, 0.1) is 16.7 Å². The van der Waals surface area contributed by atoms with Gasteiger partial charge < -0.3 is 33.7 Å². The van der Waals surface area contributed by atoms with E-state index in [2.05, 4.69) is 61.2 Å². The van der Waals surface area contributed by atoms with Crippen molar-refractivity contribution in [3.63, 3.8) is 0 Å². The van der Waals surface area contributed by atoms with Crippen LogP contribution >= 0.6 is 0 Å². The zero-order chi connectivity index (χ0) is 36.2. The summed E-state index contributed by atoms with van der Waals surface area (Å²) in [6.45, 7) is 28.5. The van der Waals surface area contributed by atoms with Crippen molar-refractivity contribution in [1.29, 1.82) is 0 Å². The number of Topliss-reactive ketones (excluding diaryl/α,β-unsaturated/α-hetero) is 1. The summed E-state index contributed by atoms with van der Waals surface area (Å²) < 4.78 is 21.2. The van der Waals surface area contributed by atoms with Crippen LogP contribution in [-0.2, 0) is 18.1 Å². The number of rotatable bonds is 13. The van der Waals surface area contributed by atoms with Gasteiger partial charge in [0.2, 0.25) is 0 Å². The molecule has 11 heteroatoms. The first-order chi connectivity index (χ1) is 21.5. The Morgan fingerprint density at radius 2 is 1.26 bits per heavy atom. The maximum absolute atomic E-state index is 15.9. The Kier molecular flexibility index (Phi) is 12.3. The monoisotopic (exact) mass is 714 g/mol. The number of aliphatic hydroxyl groups excluding tert-OH is 2. The van der Waals surface area contributed by atoms with E-state index in [1.165, 1.54) is 0 Å². The van der Waals surface area contributed by atoms with Crippen molar-refractivity contribution in [1.82, 2.24) is 0 Å². The molecule has 0 aromatic rings. The van der Waals surface area contributed by atoms with Crippen molar-refractivity contribution in [3.05, 3.63) is 11.1 Å². The Balaban J connectivity index is 2.54. The molecule has 47 heavy (non-hydrogen) atoms. The van der Waals surface area contributed by atoms with Crippen LogP contribution in [-0.4, -0.2) is 92.9 Å². The van der Waals surface area contributed by atoms with Gasteiger partial charge in [-0.2, -0.15) is 0 Å². The molecule has 0 aromatic carbocycles. The lowest BCUT2D eigenvalue weighted by Gasteiger charge is -2.65. The molecule has 0 radical (unpaired) electrons. The first-order valence-corrected chi connectivity index (χ1v) is 27.1. The molecule has 0 heterocycles. The topological polar surface area (TPSA) is 126 Å². The fourth-order valence-electron chi connectivity index (χ4n) is 9.64. The largest absolute Gasteiger partial charge is 0.413 e. The van der Waals surface area contributed by atoms with E-state index in [1.54, 1.807) is 6.92 Å². The highest BCUT2D eigenvalue weighted by molar-refractivity contribution is 6.74. The highest BCUT2D eigenvalue weighted by Gasteiger charge is 2.73. The van der Waals surface area contributed by atoms with Gasteiger partial charge in [-0.1, -0.05) is 62.3 Å². The molecule has 274 valence electrons. The number of carbonyl (C=O) groups excluding carboxylic acids is 1. The molecule has 3 aliphatic rings. The van der Waals surface area contributed by atoms with Crippen LogP contribution in [0.2, 0.25) is 55.9 Å². The molecule has 0 spiro atoms. The molecule has 0 unspecified atom stereocenters. The molecule has 2 bridgehead atoms. The SMILES string of the molecule is CC[C@]1(O)[C@H](O)C[C@H](O[Si](CC)(CC)CC)[C@@]2(C)C(=O)[C@H](O[Si](CC)(CC)CC)C3=C(C)[C@@H](O[Si](C)(C)C)C[C@@](O)([C@@H](O)[C@H]12)C3(C)C. The Hall–Kier alpha value is -0.219. The van der Waals surface area contributed by atoms with Crippen LogP contribution in [0.15, 0.2) is 11.1 Å². The Bertz CT molecular complexity index is 1140. The van der Waals surface area contributed by atoms with Crippen molar-refractivity contribution >= 4 is 30.7 Å². The van der Waals surface area contributed by atoms with E-state index in [0.29, 0.717) is 5.57 Å². The highest BCUT2D eigenvalue weighted by atomic mass is 28.4. The third kappa shape index (κ3) is 6.55. The van der Waals surface area contributed by atoms with Crippen LogP contribution < -0.4 is 0 Å². The lowest BCUT2D eigenvalue weighted by atomic mass is 9.45. The summed E-state index contributed by atoms with van der Waals surface area (Å²) in [4.78, 5) is 15.9. The van der Waals surface area contributed by atoms with E-state index in [4.69, 9.17) is 13.3 Å². The van der Waals surface area contributed by atoms with Gasteiger partial charge in [-0.05, 0) is 87.3 Å². The summed E-state index contributed by atoms with van der Waals surface area (Å²) in [5.74, 6) is -1.44. The molecule has 0 aromatic heterocycles. The number of hydrogen-bond donors (Lipinski definition) is 4. The standard InChI is InChI=1S/C36H70O8Si3/c1-15-35(40)26(37)22-27(43-46(16-2,17-3)18-4)34(11)30(35)32(39)36(41)23-25(42-45(12,13)14)24(8)28(33(36,9)10)29(31(34)38)44-47(19-5,20-6)21-7/h25-27,29-30,32,37,39-41H,15-23H2,1-14H3/t25-,26+,27-,29+,30-,32-,34+,35-,36+/m0/s1. The lowest BCUT2D eigenvalue weighted by Crippen LogP contribution is -2.77. The average Bonchev–Trinajstić information content (AvgIpc) is 3.01. The zero-order valence-corrected chi connectivity index (χ0v) is 35.2. The van der Waals surface area contributed by atoms with Crippen LogP contribution in [0.1, 0.15) is 95.4 Å². The van der Waals surface area contributed by atoms with Crippen LogP contribution in [0.3, 0.4) is 0 Å². The number of hydrogen-bond acceptors (Lipinski definition) is 8. The Labute approximate surface area is 289 Å². The predicted molar refractivity (Wildman–Crippen MR) is 197 cm³/mol. The Morgan fingerprint density at radius 3 is 1.68 bits per heavy atom. The minimum atomic E-state index is -2.46. The maximum Gasteiger partial charge on any atom is 0.193 e. The van der Waals surface area contributed by atoms with Gasteiger partial charge in [-0.25, -0.2) is 0 Å². The van der Waals surface area contributed by atoms with E-state index in [0.717, 1.165) is 41.8 Å². The van der Waals surface area contributed by atoms with Gasteiger partial charge in [-0.3, -0.25) is 4.79 Å². The van der Waals surface area contributed by atoms with Crippen molar-refractivity contribution in [3.8, 4) is 0 Å². The fourth-order valence-corrected chi connectivity index (χ4v) is 16.4. The summed E-state index contributed by atoms with van der Waals surface area (Å²) in [7, 11) is -6.98. The first-order valence-electron chi connectivity index (χ1n) is 18.6. The lowest BCUT2D eigenvalue weighted by molar-refractivity contribution is -0.277. The summed E-state index contributed by atoms with van der Waals surface area (Å²) in [5.41, 5.74) is -4.67. The third-order valence-electron chi connectivity index (χ3n) is 13.6. The minimum absolute atomic E-state index is 0.0659. The van der Waals surface area contributed by atoms with Crippen molar-refractivity contribution in [2.24, 2.45) is 16.7 Å². The predicted octanol–water partition coefficient (Wildman–Crippen LogP) is 6.94. The molecule has 0 aliphatic heterocycles. The van der Waals surface area contributed by atoms with Crippen molar-refractivity contribution in [2.75, 3.05) is 0 Å². The van der Waals surface area contributed by atoms with E-state index in [9.17, 15) is 20.4 Å². The van der Waals surface area contributed by atoms with Crippen LogP contribution in [0.4, 0.5) is 0 Å². The van der Waals surface area contributed by atoms with Gasteiger partial charge in [0.05, 0.1) is 35.4 Å². The molecule has 3 aliphatic carbocycles. The zero-order valence-electron chi connectivity index (χ0n) is 32.2. The molecule has 8 nitrogen and oxygen atoms in total. The van der Waals surface area contributed by atoms with E-state index in [1.807, 2.05) is 27.7 Å². The number of ketones is 1.